The topological polar surface area (TPSA) is 78.4 Å². The normalized spacial score (nSPS) is 13.3. The molecule has 0 aromatic heterocycles. The number of carbonyl (C=O) groups is 2. The molecule has 2 atom stereocenters. The van der Waals surface area contributed by atoms with Crippen LogP contribution < -0.4 is 10.6 Å². The van der Waals surface area contributed by atoms with Crippen molar-refractivity contribution in [2.45, 2.75) is 39.7 Å². The van der Waals surface area contributed by atoms with Gasteiger partial charge in [-0.3, -0.25) is 0 Å². The van der Waals surface area contributed by atoms with E-state index in [1.54, 1.807) is 6.07 Å². The standard InChI is InChI=1S/C15H21BrN2O3/c1-4-9(2)7-10(3)17-15(21)18-13-8-11(14(19)20)5-6-12(13)16/h5-6,8-10H,4,7H2,1-3H3,(H,19,20)(H2,17,18,21). The van der Waals surface area contributed by atoms with E-state index in [4.69, 9.17) is 5.11 Å². The minimum absolute atomic E-state index is 0.0568. The summed E-state index contributed by atoms with van der Waals surface area (Å²) in [7, 11) is 0. The molecule has 5 nitrogen and oxygen atoms in total. The molecule has 0 aliphatic rings. The van der Waals surface area contributed by atoms with E-state index in [0.29, 0.717) is 16.1 Å². The SMILES string of the molecule is CCC(C)CC(C)NC(=O)Nc1cc(C(=O)O)ccc1Br. The Balaban J connectivity index is 2.66. The first-order valence-corrected chi connectivity index (χ1v) is 7.73. The monoisotopic (exact) mass is 356 g/mol. The number of anilines is 1. The van der Waals surface area contributed by atoms with Crippen LogP contribution in [0.5, 0.6) is 0 Å². The Kier molecular flexibility index (Phi) is 6.68. The maximum absolute atomic E-state index is 11.9. The van der Waals surface area contributed by atoms with Crippen molar-refractivity contribution in [1.29, 1.82) is 0 Å². The predicted molar refractivity (Wildman–Crippen MR) is 86.8 cm³/mol. The number of rotatable bonds is 6. The summed E-state index contributed by atoms with van der Waals surface area (Å²) in [4.78, 5) is 22.9. The molecule has 1 aromatic rings. The zero-order chi connectivity index (χ0) is 16.0. The van der Waals surface area contributed by atoms with Crippen molar-refractivity contribution in [2.75, 3.05) is 5.32 Å². The first-order chi connectivity index (χ1) is 9.83. The minimum Gasteiger partial charge on any atom is -0.478 e. The van der Waals surface area contributed by atoms with Crippen LogP contribution in [0.2, 0.25) is 0 Å². The van der Waals surface area contributed by atoms with Crippen molar-refractivity contribution in [2.24, 2.45) is 5.92 Å². The fourth-order valence-corrected chi connectivity index (χ4v) is 2.31. The van der Waals surface area contributed by atoms with Crippen LogP contribution in [0.4, 0.5) is 10.5 Å². The van der Waals surface area contributed by atoms with Gasteiger partial charge in [-0.15, -0.1) is 0 Å². The molecule has 2 amide bonds. The number of urea groups is 1. The maximum Gasteiger partial charge on any atom is 0.335 e. The number of carbonyl (C=O) groups excluding carboxylic acids is 1. The molecular weight excluding hydrogens is 336 g/mol. The van der Waals surface area contributed by atoms with Gasteiger partial charge < -0.3 is 15.7 Å². The number of amides is 2. The second-order valence-electron chi connectivity index (χ2n) is 5.25. The van der Waals surface area contributed by atoms with E-state index in [-0.39, 0.29) is 17.6 Å². The number of hydrogen-bond acceptors (Lipinski definition) is 2. The summed E-state index contributed by atoms with van der Waals surface area (Å²) in [6, 6.07) is 4.21. The van der Waals surface area contributed by atoms with Gasteiger partial charge in [-0.05, 0) is 53.4 Å². The lowest BCUT2D eigenvalue weighted by atomic mass is 10.0. The van der Waals surface area contributed by atoms with Gasteiger partial charge in [0.15, 0.2) is 0 Å². The van der Waals surface area contributed by atoms with E-state index in [9.17, 15) is 9.59 Å². The molecule has 0 fully saturated rings. The van der Waals surface area contributed by atoms with Crippen molar-refractivity contribution < 1.29 is 14.7 Å². The van der Waals surface area contributed by atoms with Crippen LogP contribution in [-0.2, 0) is 0 Å². The molecule has 1 rings (SSSR count). The Morgan fingerprint density at radius 1 is 1.33 bits per heavy atom. The number of carboxylic acids is 1. The van der Waals surface area contributed by atoms with Crippen LogP contribution in [0.15, 0.2) is 22.7 Å². The number of hydrogen-bond donors (Lipinski definition) is 3. The van der Waals surface area contributed by atoms with Crippen molar-refractivity contribution in [3.8, 4) is 0 Å². The molecule has 0 radical (unpaired) electrons. The molecule has 0 spiro atoms. The van der Waals surface area contributed by atoms with Gasteiger partial charge in [0.1, 0.15) is 0 Å². The molecule has 0 aliphatic heterocycles. The highest BCUT2D eigenvalue weighted by Crippen LogP contribution is 2.23. The number of halogens is 1. The average Bonchev–Trinajstić information content (AvgIpc) is 2.40. The number of nitrogens with one attached hydrogen (secondary N) is 2. The smallest absolute Gasteiger partial charge is 0.335 e. The Bertz CT molecular complexity index is 520. The van der Waals surface area contributed by atoms with Gasteiger partial charge in [0, 0.05) is 10.5 Å². The van der Waals surface area contributed by atoms with E-state index in [2.05, 4.69) is 40.4 Å². The molecule has 0 saturated heterocycles. The molecule has 0 aliphatic carbocycles. The summed E-state index contributed by atoms with van der Waals surface area (Å²) in [5.41, 5.74) is 0.560. The van der Waals surface area contributed by atoms with E-state index >= 15 is 0 Å². The van der Waals surface area contributed by atoms with E-state index in [1.165, 1.54) is 12.1 Å². The van der Waals surface area contributed by atoms with Gasteiger partial charge in [-0.1, -0.05) is 20.3 Å². The van der Waals surface area contributed by atoms with Crippen LogP contribution >= 0.6 is 15.9 Å². The predicted octanol–water partition coefficient (Wildman–Crippen LogP) is 4.09. The molecule has 6 heteroatoms. The summed E-state index contributed by atoms with van der Waals surface area (Å²) < 4.78 is 0.636. The second kappa shape index (κ2) is 8.02. The van der Waals surface area contributed by atoms with Crippen LogP contribution in [0, 0.1) is 5.92 Å². The van der Waals surface area contributed by atoms with Crippen molar-refractivity contribution >= 4 is 33.6 Å². The molecule has 21 heavy (non-hydrogen) atoms. The summed E-state index contributed by atoms with van der Waals surface area (Å²) >= 11 is 3.29. The van der Waals surface area contributed by atoms with Crippen LogP contribution in [0.1, 0.15) is 44.0 Å². The summed E-state index contributed by atoms with van der Waals surface area (Å²) in [6.45, 7) is 6.21. The molecule has 2 unspecified atom stereocenters. The number of benzene rings is 1. The van der Waals surface area contributed by atoms with Crippen LogP contribution in [0.3, 0.4) is 0 Å². The Morgan fingerprint density at radius 2 is 2.00 bits per heavy atom. The molecule has 1 aromatic carbocycles. The largest absolute Gasteiger partial charge is 0.478 e. The molecule has 0 bridgehead atoms. The third kappa shape index (κ3) is 5.75. The number of aromatic carboxylic acids is 1. The van der Waals surface area contributed by atoms with Gasteiger partial charge in [-0.2, -0.15) is 0 Å². The van der Waals surface area contributed by atoms with Gasteiger partial charge in [-0.25, -0.2) is 9.59 Å². The maximum atomic E-state index is 11.9. The Morgan fingerprint density at radius 3 is 2.57 bits per heavy atom. The van der Waals surface area contributed by atoms with E-state index in [0.717, 1.165) is 12.8 Å². The molecule has 0 saturated carbocycles. The Labute approximate surface area is 133 Å². The second-order valence-corrected chi connectivity index (χ2v) is 6.10. The first-order valence-electron chi connectivity index (χ1n) is 6.93. The summed E-state index contributed by atoms with van der Waals surface area (Å²) in [5, 5.41) is 14.5. The molecule has 3 N–H and O–H groups in total. The highest BCUT2D eigenvalue weighted by Gasteiger charge is 2.13. The lowest BCUT2D eigenvalue weighted by Gasteiger charge is -2.18. The van der Waals surface area contributed by atoms with Crippen LogP contribution in [0.25, 0.3) is 0 Å². The zero-order valence-corrected chi connectivity index (χ0v) is 14.0. The van der Waals surface area contributed by atoms with Crippen molar-refractivity contribution in [1.82, 2.24) is 5.32 Å². The van der Waals surface area contributed by atoms with Crippen molar-refractivity contribution in [3.63, 3.8) is 0 Å². The highest BCUT2D eigenvalue weighted by atomic mass is 79.9. The summed E-state index contributed by atoms with van der Waals surface area (Å²) in [6.07, 6.45) is 1.97. The number of carboxylic acid groups (broad SMARTS) is 1. The summed E-state index contributed by atoms with van der Waals surface area (Å²) in [5.74, 6) is -0.488. The van der Waals surface area contributed by atoms with Gasteiger partial charge >= 0.3 is 12.0 Å². The highest BCUT2D eigenvalue weighted by molar-refractivity contribution is 9.10. The minimum atomic E-state index is -1.03. The van der Waals surface area contributed by atoms with Gasteiger partial charge in [0.2, 0.25) is 0 Å². The zero-order valence-electron chi connectivity index (χ0n) is 12.4. The van der Waals surface area contributed by atoms with Gasteiger partial charge in [0.05, 0.1) is 11.3 Å². The molecule has 0 heterocycles. The van der Waals surface area contributed by atoms with Crippen LogP contribution in [-0.4, -0.2) is 23.1 Å². The lowest BCUT2D eigenvalue weighted by Crippen LogP contribution is -2.37. The average molecular weight is 357 g/mol. The van der Waals surface area contributed by atoms with E-state index in [1.807, 2.05) is 6.92 Å². The fraction of sp³-hybridized carbons (Fsp3) is 0.467. The quantitative estimate of drug-likeness (QED) is 0.717. The molecular formula is C15H21BrN2O3. The van der Waals surface area contributed by atoms with Crippen molar-refractivity contribution in [3.05, 3.63) is 28.2 Å². The lowest BCUT2D eigenvalue weighted by molar-refractivity contribution is 0.0697. The van der Waals surface area contributed by atoms with Gasteiger partial charge in [0.25, 0.3) is 0 Å². The third-order valence-electron chi connectivity index (χ3n) is 3.29. The Hall–Kier alpha value is -1.56. The van der Waals surface area contributed by atoms with E-state index < -0.39 is 5.97 Å². The molecule has 116 valence electrons. The fourth-order valence-electron chi connectivity index (χ4n) is 1.97. The third-order valence-corrected chi connectivity index (χ3v) is 3.98. The first kappa shape index (κ1) is 17.5.